The molecule has 0 amide bonds. The molecule has 13 heavy (non-hydrogen) atoms. The monoisotopic (exact) mass is 237 g/mol. The highest BCUT2D eigenvalue weighted by atomic mass is 36.0. The van der Waals surface area contributed by atoms with Crippen LogP contribution in [0.5, 0.6) is 0 Å². The topological polar surface area (TPSA) is 3.24 Å². The second kappa shape index (κ2) is 3.99. The first-order valence-corrected chi connectivity index (χ1v) is 7.56. The highest BCUT2D eigenvalue weighted by molar-refractivity contribution is 8.65. The minimum absolute atomic E-state index is 1.02. The summed E-state index contributed by atoms with van der Waals surface area (Å²) in [5.41, 5.74) is 1.09. The van der Waals surface area contributed by atoms with E-state index < -0.39 is 8.46 Å². The van der Waals surface area contributed by atoms with E-state index in [0.717, 1.165) is 10.6 Å². The lowest BCUT2D eigenvalue weighted by Crippen LogP contribution is -2.10. The Morgan fingerprint density at radius 2 is 1.69 bits per heavy atom. The fourth-order valence-electron chi connectivity index (χ4n) is 1.13. The Morgan fingerprint density at radius 1 is 1.15 bits per heavy atom. The van der Waals surface area contributed by atoms with Crippen molar-refractivity contribution in [3.8, 4) is 0 Å². The van der Waals surface area contributed by atoms with E-state index in [0.29, 0.717) is 0 Å². The molecule has 0 N–H and O–H groups in total. The summed E-state index contributed by atoms with van der Waals surface area (Å²) in [6.07, 6.45) is 1.86. The summed E-state index contributed by atoms with van der Waals surface area (Å²) >= 11 is 0. The Hall–Kier alpha value is -0.0500. The van der Waals surface area contributed by atoms with Crippen molar-refractivity contribution in [3.05, 3.63) is 24.3 Å². The van der Waals surface area contributed by atoms with Gasteiger partial charge in [0, 0.05) is 19.0 Å². The van der Waals surface area contributed by atoms with Gasteiger partial charge in [-0.05, 0) is 39.8 Å². The smallest absolute Gasteiger partial charge is 0.0506 e. The summed E-state index contributed by atoms with van der Waals surface area (Å²) in [4.78, 5) is 3.04. The maximum Gasteiger partial charge on any atom is 0.0506 e. The first kappa shape index (κ1) is 11.0. The molecule has 0 heterocycles. The molecule has 0 aliphatic rings. The van der Waals surface area contributed by atoms with Crippen LogP contribution < -0.4 is 4.90 Å². The number of anilines is 1. The molecule has 0 saturated carbocycles. The molecule has 0 aromatic heterocycles. The van der Waals surface area contributed by atoms with E-state index in [9.17, 15) is 0 Å². The van der Waals surface area contributed by atoms with Crippen LogP contribution in [-0.4, -0.2) is 20.4 Å². The van der Waals surface area contributed by atoms with Crippen molar-refractivity contribution in [2.45, 2.75) is 4.90 Å². The van der Waals surface area contributed by atoms with Crippen LogP contribution in [-0.2, 0) is 0 Å². The molecule has 4 heteroatoms. The van der Waals surface area contributed by atoms with E-state index in [1.807, 2.05) is 49.5 Å². The van der Waals surface area contributed by atoms with Crippen molar-refractivity contribution in [3.63, 3.8) is 0 Å². The highest BCUT2D eigenvalue weighted by Crippen LogP contribution is 2.64. The molecule has 1 aromatic rings. The van der Waals surface area contributed by atoms with Crippen LogP contribution in [0.15, 0.2) is 29.2 Å². The molecule has 0 aliphatic carbocycles. The lowest BCUT2D eigenvalue weighted by Gasteiger charge is -2.25. The van der Waals surface area contributed by atoms with Crippen molar-refractivity contribution in [1.29, 1.82) is 0 Å². The van der Waals surface area contributed by atoms with E-state index in [2.05, 4.69) is 0 Å². The molecule has 1 rings (SSSR count). The molecule has 0 saturated heterocycles. The number of hydrogen-bond donors (Lipinski definition) is 0. The maximum atomic E-state index is 6.13. The number of benzene rings is 1. The number of para-hydroxylation sites is 1. The van der Waals surface area contributed by atoms with Crippen molar-refractivity contribution < 1.29 is 0 Å². The van der Waals surface area contributed by atoms with Gasteiger partial charge in [-0.2, -0.15) is 0 Å². The Morgan fingerprint density at radius 3 is 2.08 bits per heavy atom. The molecule has 0 spiro atoms. The van der Waals surface area contributed by atoms with Crippen molar-refractivity contribution in [2.24, 2.45) is 0 Å². The summed E-state index contributed by atoms with van der Waals surface area (Å²) in [5.74, 6) is 0. The standard InChI is InChI=1S/C9H13Cl2NS/c1-12(2)8-6-4-5-7-9(8)13(3,10)11/h4-7H,1-3H3. The second-order valence-electron chi connectivity index (χ2n) is 3.09. The molecule has 74 valence electrons. The van der Waals surface area contributed by atoms with Crippen LogP contribution in [0.2, 0.25) is 0 Å². The van der Waals surface area contributed by atoms with Gasteiger partial charge in [0.1, 0.15) is 0 Å². The highest BCUT2D eigenvalue weighted by Gasteiger charge is 2.18. The first-order valence-electron chi connectivity index (χ1n) is 3.87. The van der Waals surface area contributed by atoms with Crippen LogP contribution in [0.1, 0.15) is 0 Å². The maximum absolute atomic E-state index is 6.13. The number of hydrogen-bond acceptors (Lipinski definition) is 1. The number of rotatable bonds is 2. The number of halogens is 2. The van der Waals surface area contributed by atoms with Crippen molar-refractivity contribution in [1.82, 2.24) is 0 Å². The molecule has 1 nitrogen and oxygen atoms in total. The summed E-state index contributed by atoms with van der Waals surface area (Å²) in [6, 6.07) is 7.94. The molecular formula is C9H13Cl2NS. The van der Waals surface area contributed by atoms with Gasteiger partial charge < -0.3 is 4.90 Å². The summed E-state index contributed by atoms with van der Waals surface area (Å²) in [6.45, 7) is 0. The Bertz CT molecular complexity index is 294. The van der Waals surface area contributed by atoms with E-state index in [1.54, 1.807) is 0 Å². The normalized spacial score (nSPS) is 12.7. The van der Waals surface area contributed by atoms with Crippen molar-refractivity contribution >= 4 is 35.5 Å². The van der Waals surface area contributed by atoms with Gasteiger partial charge in [-0.15, -0.1) is 0 Å². The Balaban J connectivity index is 3.20. The summed E-state index contributed by atoms with van der Waals surface area (Å²) < 4.78 is 0. The average molecular weight is 238 g/mol. The first-order chi connectivity index (χ1) is 5.93. The second-order valence-corrected chi connectivity index (χ2v) is 9.16. The van der Waals surface area contributed by atoms with Crippen LogP contribution in [0, 0.1) is 0 Å². The zero-order valence-corrected chi connectivity index (χ0v) is 10.2. The third-order valence-corrected chi connectivity index (χ3v) is 3.85. The van der Waals surface area contributed by atoms with E-state index in [4.69, 9.17) is 21.4 Å². The third kappa shape index (κ3) is 2.70. The fraction of sp³-hybridized carbons (Fsp3) is 0.333. The van der Waals surface area contributed by atoms with Crippen molar-refractivity contribution in [2.75, 3.05) is 25.3 Å². The zero-order valence-electron chi connectivity index (χ0n) is 7.92. The van der Waals surface area contributed by atoms with Gasteiger partial charge in [0.2, 0.25) is 0 Å². The van der Waals surface area contributed by atoms with Gasteiger partial charge in [0.05, 0.1) is 5.69 Å². The molecule has 0 fully saturated rings. The van der Waals surface area contributed by atoms with Gasteiger partial charge in [-0.3, -0.25) is 0 Å². The minimum atomic E-state index is -1.68. The molecule has 1 aromatic carbocycles. The predicted octanol–water partition coefficient (Wildman–Crippen LogP) is 3.85. The molecule has 0 unspecified atom stereocenters. The van der Waals surface area contributed by atoms with Gasteiger partial charge in [-0.1, -0.05) is 20.6 Å². The zero-order chi connectivity index (χ0) is 10.1. The van der Waals surface area contributed by atoms with E-state index in [-0.39, 0.29) is 0 Å². The fourth-order valence-corrected chi connectivity index (χ4v) is 2.85. The third-order valence-electron chi connectivity index (χ3n) is 1.73. The van der Waals surface area contributed by atoms with Crippen LogP contribution in [0.25, 0.3) is 0 Å². The van der Waals surface area contributed by atoms with E-state index in [1.165, 1.54) is 0 Å². The van der Waals surface area contributed by atoms with Gasteiger partial charge >= 0.3 is 0 Å². The molecule has 0 aliphatic heterocycles. The summed E-state index contributed by atoms with van der Waals surface area (Å²) in [5, 5.41) is 0. The molecule has 0 bridgehead atoms. The Labute approximate surface area is 90.0 Å². The van der Waals surface area contributed by atoms with E-state index >= 15 is 0 Å². The molecule has 0 atom stereocenters. The van der Waals surface area contributed by atoms with Gasteiger partial charge in [0.15, 0.2) is 0 Å². The quantitative estimate of drug-likeness (QED) is 0.756. The SMILES string of the molecule is CN(C)c1ccccc1S(C)(Cl)Cl. The number of nitrogens with zero attached hydrogens (tertiary/aromatic N) is 1. The summed E-state index contributed by atoms with van der Waals surface area (Å²) in [7, 11) is 14.6. The molecule has 0 radical (unpaired) electrons. The van der Waals surface area contributed by atoms with Crippen LogP contribution >= 0.6 is 29.8 Å². The largest absolute Gasteiger partial charge is 0.377 e. The van der Waals surface area contributed by atoms with Gasteiger partial charge in [-0.25, -0.2) is 0 Å². The van der Waals surface area contributed by atoms with Crippen LogP contribution in [0.4, 0.5) is 5.69 Å². The molecular weight excluding hydrogens is 225 g/mol. The van der Waals surface area contributed by atoms with Gasteiger partial charge in [0.25, 0.3) is 0 Å². The Kier molecular flexibility index (Phi) is 3.38. The lowest BCUT2D eigenvalue weighted by atomic mass is 10.3. The minimum Gasteiger partial charge on any atom is -0.377 e. The van der Waals surface area contributed by atoms with Crippen LogP contribution in [0.3, 0.4) is 0 Å². The average Bonchev–Trinajstić information content (AvgIpc) is 2.03. The lowest BCUT2D eigenvalue weighted by molar-refractivity contribution is 1.10. The predicted molar refractivity (Wildman–Crippen MR) is 64.3 cm³/mol.